The van der Waals surface area contributed by atoms with E-state index in [4.69, 9.17) is 0 Å². The monoisotopic (exact) mass is 440 g/mol. The molecule has 0 amide bonds. The minimum Gasteiger partial charge on any atom is -0.0606 e. The molecule has 3 aromatic carbocycles. The van der Waals surface area contributed by atoms with Crippen molar-refractivity contribution in [3.63, 3.8) is 0 Å². The van der Waals surface area contributed by atoms with Crippen molar-refractivity contribution in [2.75, 3.05) is 12.3 Å². The van der Waals surface area contributed by atoms with Crippen LogP contribution in [-0.4, -0.2) is 12.3 Å². The van der Waals surface area contributed by atoms with Crippen molar-refractivity contribution >= 4 is 26.1 Å². The number of benzene rings is 3. The fourth-order valence-corrected chi connectivity index (χ4v) is 18.0. The van der Waals surface area contributed by atoms with E-state index in [0.29, 0.717) is 0 Å². The SMILES string of the molecule is Cc1ccc(C2=C(c3ccc(C)cc3)C3(c4ccc(C)cc4)C4CCCP3P2C4)cc1. The van der Waals surface area contributed by atoms with E-state index in [-0.39, 0.29) is 20.4 Å². The molecule has 4 bridgehead atoms. The quantitative estimate of drug-likeness (QED) is 0.357. The van der Waals surface area contributed by atoms with Gasteiger partial charge in [-0.05, 0) is 87.0 Å². The minimum absolute atomic E-state index is 0.0274. The Labute approximate surface area is 189 Å². The average Bonchev–Trinajstić information content (AvgIpc) is 3.14. The summed E-state index contributed by atoms with van der Waals surface area (Å²) in [4.78, 5) is 0. The van der Waals surface area contributed by atoms with Crippen molar-refractivity contribution in [3.05, 3.63) is 106 Å². The van der Waals surface area contributed by atoms with Gasteiger partial charge in [0.25, 0.3) is 0 Å². The van der Waals surface area contributed by atoms with Crippen LogP contribution in [0.15, 0.2) is 72.8 Å². The summed E-state index contributed by atoms with van der Waals surface area (Å²) in [5, 5.41) is 2.01. The van der Waals surface area contributed by atoms with Crippen LogP contribution >= 0.6 is 15.2 Å². The summed E-state index contributed by atoms with van der Waals surface area (Å²) in [5.41, 5.74) is 10.4. The summed E-state index contributed by atoms with van der Waals surface area (Å²) in [5.74, 6) is 0.826. The number of allylic oxidation sites excluding steroid dienone is 1. The van der Waals surface area contributed by atoms with Gasteiger partial charge in [-0.1, -0.05) is 97.1 Å². The van der Waals surface area contributed by atoms with E-state index in [0.717, 1.165) is 5.92 Å². The van der Waals surface area contributed by atoms with E-state index < -0.39 is 0 Å². The van der Waals surface area contributed by atoms with Crippen LogP contribution in [0, 0.1) is 26.7 Å². The molecule has 0 radical (unpaired) electrons. The van der Waals surface area contributed by atoms with Crippen molar-refractivity contribution < 1.29 is 0 Å². The van der Waals surface area contributed by atoms with Crippen molar-refractivity contribution in [3.8, 4) is 0 Å². The Hall–Kier alpha value is -1.74. The highest BCUT2D eigenvalue weighted by Crippen LogP contribution is 2.99. The molecule has 2 heteroatoms. The number of aryl methyl sites for hydroxylation is 3. The van der Waals surface area contributed by atoms with Crippen LogP contribution in [0.4, 0.5) is 0 Å². The van der Waals surface area contributed by atoms with E-state index in [1.807, 2.05) is 0 Å². The zero-order valence-corrected chi connectivity index (χ0v) is 20.5. The van der Waals surface area contributed by atoms with Crippen LogP contribution < -0.4 is 0 Å². The van der Waals surface area contributed by atoms with Gasteiger partial charge in [-0.15, -0.1) is 0 Å². The molecule has 2 saturated heterocycles. The molecular weight excluding hydrogens is 410 g/mol. The Balaban J connectivity index is 1.67. The second-order valence-corrected chi connectivity index (χ2v) is 16.1. The van der Waals surface area contributed by atoms with Gasteiger partial charge in [-0.2, -0.15) is 0 Å². The number of rotatable bonds is 3. The molecule has 3 aliphatic rings. The largest absolute Gasteiger partial charge is 0.0606 e. The molecule has 2 fully saturated rings. The molecule has 4 atom stereocenters. The van der Waals surface area contributed by atoms with Gasteiger partial charge in [0.15, 0.2) is 0 Å². The molecule has 0 saturated carbocycles. The first-order chi connectivity index (χ1) is 15.1. The standard InChI is InChI=1S/C29H30P2/c1-20-6-12-23(13-7-20)27-28(24-14-8-21(2)9-15-24)30-19-26-5-4-18-31(30)29(26,27)25-16-10-22(3)11-17-25/h6-17,26H,4-5,18-19H2,1-3H3. The van der Waals surface area contributed by atoms with Gasteiger partial charge in [-0.25, -0.2) is 0 Å². The zero-order chi connectivity index (χ0) is 21.2. The molecule has 0 nitrogen and oxygen atoms in total. The molecule has 0 N–H and O–H groups in total. The summed E-state index contributed by atoms with van der Waals surface area (Å²) >= 11 is 0. The lowest BCUT2D eigenvalue weighted by atomic mass is 9.74. The molecule has 6 rings (SSSR count). The summed E-state index contributed by atoms with van der Waals surface area (Å²) in [7, 11) is -0.0920. The topological polar surface area (TPSA) is 0 Å². The summed E-state index contributed by atoms with van der Waals surface area (Å²) in [6.07, 6.45) is 5.75. The van der Waals surface area contributed by atoms with E-state index in [1.165, 1.54) is 53.0 Å². The van der Waals surface area contributed by atoms with Crippen LogP contribution in [0.2, 0.25) is 0 Å². The summed E-state index contributed by atoms with van der Waals surface area (Å²) in [6, 6.07) is 28.6. The number of hydrogen-bond acceptors (Lipinski definition) is 0. The Bertz CT molecular complexity index is 1150. The predicted molar refractivity (Wildman–Crippen MR) is 138 cm³/mol. The second kappa shape index (κ2) is 7.40. The van der Waals surface area contributed by atoms with Crippen LogP contribution in [0.25, 0.3) is 10.9 Å². The highest BCUT2D eigenvalue weighted by molar-refractivity contribution is 8.36. The van der Waals surface area contributed by atoms with Gasteiger partial charge in [-0.3, -0.25) is 0 Å². The maximum atomic E-state index is 2.48. The smallest absolute Gasteiger partial charge is 0.0488 e. The third kappa shape index (κ3) is 2.88. The highest BCUT2D eigenvalue weighted by Gasteiger charge is 2.65. The lowest BCUT2D eigenvalue weighted by Crippen LogP contribution is -2.35. The average molecular weight is 441 g/mol. The maximum absolute atomic E-state index is 2.48. The van der Waals surface area contributed by atoms with Gasteiger partial charge in [0.1, 0.15) is 0 Å². The maximum Gasteiger partial charge on any atom is 0.0488 e. The third-order valence-electron chi connectivity index (χ3n) is 7.64. The minimum atomic E-state index is -0.0646. The number of hydrogen-bond donors (Lipinski definition) is 0. The Morgan fingerprint density at radius 3 is 1.87 bits per heavy atom. The molecule has 0 aliphatic carbocycles. The van der Waals surface area contributed by atoms with Crippen molar-refractivity contribution in [2.24, 2.45) is 5.92 Å². The van der Waals surface area contributed by atoms with Gasteiger partial charge in [0.05, 0.1) is 0 Å². The normalized spacial score (nSPS) is 28.9. The summed E-state index contributed by atoms with van der Waals surface area (Å²) < 4.78 is 0. The van der Waals surface area contributed by atoms with Crippen molar-refractivity contribution in [1.82, 2.24) is 0 Å². The first kappa shape index (κ1) is 19.9. The third-order valence-corrected chi connectivity index (χ3v) is 16.8. The van der Waals surface area contributed by atoms with Crippen LogP contribution in [0.1, 0.15) is 46.2 Å². The van der Waals surface area contributed by atoms with E-state index in [2.05, 4.69) is 93.6 Å². The molecule has 31 heavy (non-hydrogen) atoms. The lowest BCUT2D eigenvalue weighted by Gasteiger charge is -2.45. The predicted octanol–water partition coefficient (Wildman–Crippen LogP) is 8.69. The van der Waals surface area contributed by atoms with Crippen LogP contribution in [-0.2, 0) is 5.16 Å². The van der Waals surface area contributed by atoms with E-state index >= 15 is 0 Å². The van der Waals surface area contributed by atoms with Gasteiger partial charge in [0.2, 0.25) is 0 Å². The fraction of sp³-hybridized carbons (Fsp3) is 0.310. The summed E-state index contributed by atoms with van der Waals surface area (Å²) in [6.45, 7) is 6.63. The molecular formula is C29H30P2. The Morgan fingerprint density at radius 1 is 0.710 bits per heavy atom. The highest BCUT2D eigenvalue weighted by atomic mass is 32.1. The zero-order valence-electron chi connectivity index (χ0n) is 18.7. The second-order valence-electron chi connectivity index (χ2n) is 9.63. The Morgan fingerprint density at radius 2 is 1.26 bits per heavy atom. The lowest BCUT2D eigenvalue weighted by molar-refractivity contribution is 0.446. The Kier molecular flexibility index (Phi) is 4.75. The fourth-order valence-electron chi connectivity index (χ4n) is 6.20. The van der Waals surface area contributed by atoms with Gasteiger partial charge < -0.3 is 0 Å². The molecule has 3 aliphatic heterocycles. The van der Waals surface area contributed by atoms with Gasteiger partial charge in [0, 0.05) is 5.16 Å². The molecule has 3 heterocycles. The van der Waals surface area contributed by atoms with Crippen molar-refractivity contribution in [2.45, 2.75) is 38.8 Å². The van der Waals surface area contributed by atoms with E-state index in [9.17, 15) is 0 Å². The molecule has 3 aromatic rings. The van der Waals surface area contributed by atoms with Crippen LogP contribution in [0.5, 0.6) is 0 Å². The van der Waals surface area contributed by atoms with Crippen molar-refractivity contribution in [1.29, 1.82) is 0 Å². The van der Waals surface area contributed by atoms with Gasteiger partial charge >= 0.3 is 0 Å². The first-order valence-corrected chi connectivity index (χ1v) is 15.4. The molecule has 0 aromatic heterocycles. The molecule has 0 spiro atoms. The molecule has 4 unspecified atom stereocenters. The van der Waals surface area contributed by atoms with Crippen LogP contribution in [0.3, 0.4) is 0 Å². The molecule has 156 valence electrons. The first-order valence-electron chi connectivity index (χ1n) is 11.6. The van der Waals surface area contributed by atoms with E-state index in [1.54, 1.807) is 16.5 Å².